The number of carbonyl (C=O) groups excluding carboxylic acids is 1. The summed E-state index contributed by atoms with van der Waals surface area (Å²) in [6.45, 7) is 2.07. The summed E-state index contributed by atoms with van der Waals surface area (Å²) < 4.78 is 31.8. The molecule has 5 nitrogen and oxygen atoms in total. The molecule has 1 heterocycles. The maximum Gasteiger partial charge on any atom is 0.350 e. The highest BCUT2D eigenvalue weighted by Gasteiger charge is 2.20. The molecule has 2 rings (SSSR count). The molecule has 0 aliphatic rings. The Morgan fingerprint density at radius 3 is 2.50 bits per heavy atom. The summed E-state index contributed by atoms with van der Waals surface area (Å²) in [4.78, 5) is 12.0. The number of nitrogens with one attached hydrogen (secondary N) is 1. The number of benzene rings is 1. The van der Waals surface area contributed by atoms with E-state index in [4.69, 9.17) is 0 Å². The molecule has 0 saturated heterocycles. The highest BCUT2D eigenvalue weighted by atomic mass is 32.2. The molecule has 7 heteroatoms. The Morgan fingerprint density at radius 2 is 1.91 bits per heavy atom. The highest BCUT2D eigenvalue weighted by Crippen LogP contribution is 2.26. The standard InChI is InChI=1S/C15H17NO4S2/c1-3-4-11-5-7-12(8-6-11)22(18,19)16-13-9-10-21-14(13)15(17)20-2/h5-10,16H,3-4H2,1-2H3. The van der Waals surface area contributed by atoms with Gasteiger partial charge in [0, 0.05) is 0 Å². The van der Waals surface area contributed by atoms with Crippen LogP contribution in [0.2, 0.25) is 0 Å². The maximum absolute atomic E-state index is 12.4. The minimum atomic E-state index is -3.73. The number of hydrogen-bond donors (Lipinski definition) is 1. The smallest absolute Gasteiger partial charge is 0.350 e. The Kier molecular flexibility index (Phi) is 5.20. The number of thiophene rings is 1. The number of esters is 1. The lowest BCUT2D eigenvalue weighted by atomic mass is 10.1. The normalized spacial score (nSPS) is 11.2. The maximum atomic E-state index is 12.4. The SMILES string of the molecule is CCCc1ccc(S(=O)(=O)Nc2ccsc2C(=O)OC)cc1. The summed E-state index contributed by atoms with van der Waals surface area (Å²) in [5.74, 6) is -0.564. The second-order valence-corrected chi connectivity index (χ2v) is 7.25. The summed E-state index contributed by atoms with van der Waals surface area (Å²) in [5, 5.41) is 1.63. The van der Waals surface area contributed by atoms with Crippen LogP contribution in [0.5, 0.6) is 0 Å². The van der Waals surface area contributed by atoms with Crippen LogP contribution in [-0.2, 0) is 21.2 Å². The van der Waals surface area contributed by atoms with E-state index in [0.29, 0.717) is 0 Å². The van der Waals surface area contributed by atoms with Crippen molar-refractivity contribution in [1.82, 2.24) is 0 Å². The number of sulfonamides is 1. The van der Waals surface area contributed by atoms with Gasteiger partial charge in [-0.2, -0.15) is 0 Å². The number of ether oxygens (including phenoxy) is 1. The molecule has 2 aromatic rings. The lowest BCUT2D eigenvalue weighted by Crippen LogP contribution is -2.14. The molecule has 0 saturated carbocycles. The van der Waals surface area contributed by atoms with Crippen LogP contribution in [0.3, 0.4) is 0 Å². The fraction of sp³-hybridized carbons (Fsp3) is 0.267. The third-order valence-corrected chi connectivity index (χ3v) is 5.33. The van der Waals surface area contributed by atoms with Gasteiger partial charge in [-0.1, -0.05) is 25.5 Å². The van der Waals surface area contributed by atoms with Crippen molar-refractivity contribution in [3.63, 3.8) is 0 Å². The number of anilines is 1. The number of carbonyl (C=O) groups is 1. The van der Waals surface area contributed by atoms with E-state index in [1.165, 1.54) is 7.11 Å². The summed E-state index contributed by atoms with van der Waals surface area (Å²) >= 11 is 1.13. The van der Waals surface area contributed by atoms with Crippen LogP contribution in [0.4, 0.5) is 5.69 Å². The van der Waals surface area contributed by atoms with Gasteiger partial charge in [0.1, 0.15) is 4.88 Å². The third-order valence-electron chi connectivity index (χ3n) is 3.05. The van der Waals surface area contributed by atoms with E-state index >= 15 is 0 Å². The van der Waals surface area contributed by atoms with Crippen molar-refractivity contribution in [1.29, 1.82) is 0 Å². The minimum Gasteiger partial charge on any atom is -0.465 e. The van der Waals surface area contributed by atoms with Gasteiger partial charge in [0.2, 0.25) is 0 Å². The van der Waals surface area contributed by atoms with Gasteiger partial charge in [-0.3, -0.25) is 4.72 Å². The molecule has 1 aromatic carbocycles. The molecule has 0 fully saturated rings. The highest BCUT2D eigenvalue weighted by molar-refractivity contribution is 7.92. The number of rotatable bonds is 6. The molecule has 0 amide bonds. The Bertz CT molecular complexity index is 748. The van der Waals surface area contributed by atoms with Crippen molar-refractivity contribution >= 4 is 33.0 Å². The van der Waals surface area contributed by atoms with Gasteiger partial charge in [-0.05, 0) is 35.6 Å². The van der Waals surface area contributed by atoms with Crippen LogP contribution in [0.25, 0.3) is 0 Å². The van der Waals surface area contributed by atoms with Crippen LogP contribution in [0.15, 0.2) is 40.6 Å². The molecule has 0 bridgehead atoms. The quantitative estimate of drug-likeness (QED) is 0.820. The predicted molar refractivity (Wildman–Crippen MR) is 86.9 cm³/mol. The topological polar surface area (TPSA) is 72.5 Å². The van der Waals surface area contributed by atoms with Gasteiger partial charge in [0.05, 0.1) is 17.7 Å². The van der Waals surface area contributed by atoms with Crippen molar-refractivity contribution in [3.8, 4) is 0 Å². The van der Waals surface area contributed by atoms with E-state index in [9.17, 15) is 13.2 Å². The molecule has 22 heavy (non-hydrogen) atoms. The molecule has 0 spiro atoms. The molecular formula is C15H17NO4S2. The molecule has 0 radical (unpaired) electrons. The van der Waals surface area contributed by atoms with Gasteiger partial charge < -0.3 is 4.74 Å². The molecule has 118 valence electrons. The zero-order valence-corrected chi connectivity index (χ0v) is 14.0. The Morgan fingerprint density at radius 1 is 1.23 bits per heavy atom. The summed E-state index contributed by atoms with van der Waals surface area (Å²) in [7, 11) is -2.47. The molecule has 0 unspecified atom stereocenters. The molecule has 0 aliphatic carbocycles. The average molecular weight is 339 g/mol. The molecule has 1 N–H and O–H groups in total. The second kappa shape index (κ2) is 6.93. The Balaban J connectivity index is 2.24. The minimum absolute atomic E-state index is 0.161. The zero-order chi connectivity index (χ0) is 16.2. The van der Waals surface area contributed by atoms with Crippen molar-refractivity contribution in [2.24, 2.45) is 0 Å². The van der Waals surface area contributed by atoms with E-state index in [1.54, 1.807) is 35.7 Å². The lowest BCUT2D eigenvalue weighted by Gasteiger charge is -2.09. The summed E-state index contributed by atoms with van der Waals surface area (Å²) in [6, 6.07) is 8.27. The van der Waals surface area contributed by atoms with Gasteiger partial charge in [-0.25, -0.2) is 13.2 Å². The number of methoxy groups -OCH3 is 1. The van der Waals surface area contributed by atoms with E-state index in [-0.39, 0.29) is 15.5 Å². The summed E-state index contributed by atoms with van der Waals surface area (Å²) in [5.41, 5.74) is 1.32. The van der Waals surface area contributed by atoms with Crippen LogP contribution in [-0.4, -0.2) is 21.5 Å². The van der Waals surface area contributed by atoms with Crippen molar-refractivity contribution in [2.75, 3.05) is 11.8 Å². The predicted octanol–water partition coefficient (Wildman–Crippen LogP) is 3.29. The fourth-order valence-corrected chi connectivity index (χ4v) is 3.87. The van der Waals surface area contributed by atoms with E-state index in [2.05, 4.69) is 16.4 Å². The van der Waals surface area contributed by atoms with Gasteiger partial charge in [-0.15, -0.1) is 11.3 Å². The first-order chi connectivity index (χ1) is 10.5. The van der Waals surface area contributed by atoms with Gasteiger partial charge >= 0.3 is 5.97 Å². The van der Waals surface area contributed by atoms with Crippen molar-refractivity contribution in [2.45, 2.75) is 24.7 Å². The van der Waals surface area contributed by atoms with Crippen molar-refractivity contribution < 1.29 is 17.9 Å². The first-order valence-electron chi connectivity index (χ1n) is 6.75. The lowest BCUT2D eigenvalue weighted by molar-refractivity contribution is 0.0607. The van der Waals surface area contributed by atoms with Crippen LogP contribution in [0.1, 0.15) is 28.6 Å². The fourth-order valence-electron chi connectivity index (χ4n) is 1.97. The average Bonchev–Trinajstić information content (AvgIpc) is 2.95. The Labute approximate surface area is 134 Å². The first-order valence-corrected chi connectivity index (χ1v) is 9.11. The molecule has 0 atom stereocenters. The van der Waals surface area contributed by atoms with E-state index in [0.717, 1.165) is 29.7 Å². The monoisotopic (exact) mass is 339 g/mol. The van der Waals surface area contributed by atoms with Crippen LogP contribution in [0, 0.1) is 0 Å². The Hall–Kier alpha value is -1.86. The van der Waals surface area contributed by atoms with Crippen LogP contribution >= 0.6 is 11.3 Å². The second-order valence-electron chi connectivity index (χ2n) is 4.65. The molecule has 0 aliphatic heterocycles. The summed E-state index contributed by atoms with van der Waals surface area (Å²) in [6.07, 6.45) is 1.91. The largest absolute Gasteiger partial charge is 0.465 e. The number of aryl methyl sites for hydroxylation is 1. The first kappa shape index (κ1) is 16.5. The van der Waals surface area contributed by atoms with Gasteiger partial charge in [0.15, 0.2) is 0 Å². The third kappa shape index (κ3) is 3.66. The van der Waals surface area contributed by atoms with E-state index < -0.39 is 16.0 Å². The molecule has 1 aromatic heterocycles. The molecular weight excluding hydrogens is 322 g/mol. The number of hydrogen-bond acceptors (Lipinski definition) is 5. The zero-order valence-electron chi connectivity index (χ0n) is 12.3. The van der Waals surface area contributed by atoms with Crippen LogP contribution < -0.4 is 4.72 Å². The van der Waals surface area contributed by atoms with Crippen molar-refractivity contribution in [3.05, 3.63) is 46.2 Å². The van der Waals surface area contributed by atoms with E-state index in [1.807, 2.05) is 0 Å². The van der Waals surface area contributed by atoms with Gasteiger partial charge in [0.25, 0.3) is 10.0 Å².